The fourth-order valence-corrected chi connectivity index (χ4v) is 4.30. The third-order valence-electron chi connectivity index (χ3n) is 6.05. The maximum Gasteiger partial charge on any atom is 0.191 e. The van der Waals surface area contributed by atoms with Crippen molar-refractivity contribution in [3.8, 4) is 0 Å². The second kappa shape index (κ2) is 10.3. The van der Waals surface area contributed by atoms with E-state index in [1.54, 1.807) is 12.1 Å². The van der Waals surface area contributed by atoms with Crippen molar-refractivity contribution in [2.75, 3.05) is 64.8 Å². The number of piperidine rings is 1. The van der Waals surface area contributed by atoms with Crippen molar-refractivity contribution in [1.82, 2.24) is 20.4 Å². The fraction of sp³-hybridized carbons (Fsp3) is 0.682. The molecule has 2 fully saturated rings. The largest absolute Gasteiger partial charge is 0.369 e. The molecule has 7 heteroatoms. The van der Waals surface area contributed by atoms with Gasteiger partial charge in [0.05, 0.1) is 6.54 Å². The van der Waals surface area contributed by atoms with Gasteiger partial charge in [0.1, 0.15) is 5.82 Å². The Balaban J connectivity index is 1.61. The van der Waals surface area contributed by atoms with Crippen LogP contribution in [0.15, 0.2) is 23.2 Å². The molecule has 162 valence electrons. The number of nitrogens with one attached hydrogen (secondary N) is 2. The SMILES string of the molecule is CCNC(=NCC1CN(C)CCN1C)NC1CCCN(c2ccc(F)cc2C)C1. The van der Waals surface area contributed by atoms with E-state index in [0.29, 0.717) is 12.1 Å². The molecule has 0 bridgehead atoms. The number of halogens is 1. The van der Waals surface area contributed by atoms with Gasteiger partial charge in [-0.1, -0.05) is 0 Å². The van der Waals surface area contributed by atoms with Crippen LogP contribution in [-0.4, -0.2) is 87.8 Å². The Labute approximate surface area is 175 Å². The fourth-order valence-electron chi connectivity index (χ4n) is 4.30. The van der Waals surface area contributed by atoms with Crippen LogP contribution < -0.4 is 15.5 Å². The zero-order chi connectivity index (χ0) is 20.8. The summed E-state index contributed by atoms with van der Waals surface area (Å²) >= 11 is 0. The zero-order valence-electron chi connectivity index (χ0n) is 18.4. The topological polar surface area (TPSA) is 46.1 Å². The molecule has 0 aliphatic carbocycles. The van der Waals surface area contributed by atoms with E-state index in [-0.39, 0.29) is 5.82 Å². The molecule has 1 aromatic carbocycles. The molecule has 6 nitrogen and oxygen atoms in total. The highest BCUT2D eigenvalue weighted by Gasteiger charge is 2.24. The third-order valence-corrected chi connectivity index (χ3v) is 6.05. The average Bonchev–Trinajstić information content (AvgIpc) is 2.69. The normalized spacial score (nSPS) is 24.6. The van der Waals surface area contributed by atoms with Gasteiger partial charge in [0, 0.05) is 57.0 Å². The molecule has 2 aliphatic heterocycles. The first-order valence-corrected chi connectivity index (χ1v) is 10.9. The van der Waals surface area contributed by atoms with Gasteiger partial charge in [0.2, 0.25) is 0 Å². The maximum absolute atomic E-state index is 13.5. The van der Waals surface area contributed by atoms with Crippen molar-refractivity contribution in [3.05, 3.63) is 29.6 Å². The van der Waals surface area contributed by atoms with Crippen LogP contribution in [0.4, 0.5) is 10.1 Å². The Morgan fingerprint density at radius 1 is 1.21 bits per heavy atom. The number of aliphatic imine (C=N–C) groups is 1. The first-order valence-electron chi connectivity index (χ1n) is 10.9. The lowest BCUT2D eigenvalue weighted by molar-refractivity contribution is 0.119. The van der Waals surface area contributed by atoms with Crippen molar-refractivity contribution >= 4 is 11.6 Å². The highest BCUT2D eigenvalue weighted by Crippen LogP contribution is 2.24. The van der Waals surface area contributed by atoms with E-state index in [2.05, 4.69) is 46.4 Å². The number of benzene rings is 1. The summed E-state index contributed by atoms with van der Waals surface area (Å²) in [4.78, 5) is 12.1. The van der Waals surface area contributed by atoms with Gasteiger partial charge < -0.3 is 20.4 Å². The molecule has 2 unspecified atom stereocenters. The molecular weight excluding hydrogens is 367 g/mol. The first kappa shape index (κ1) is 21.8. The summed E-state index contributed by atoms with van der Waals surface area (Å²) in [6.45, 7) is 10.9. The number of anilines is 1. The average molecular weight is 405 g/mol. The first-order chi connectivity index (χ1) is 14.0. The van der Waals surface area contributed by atoms with E-state index in [4.69, 9.17) is 4.99 Å². The van der Waals surface area contributed by atoms with Gasteiger partial charge in [0.15, 0.2) is 5.96 Å². The van der Waals surface area contributed by atoms with Crippen LogP contribution in [0, 0.1) is 12.7 Å². The Morgan fingerprint density at radius 2 is 2.03 bits per heavy atom. The molecule has 2 N–H and O–H groups in total. The molecular formula is C22H37FN6. The standard InChI is InChI=1S/C22H37FN6/c1-5-24-22(25-14-20-16-27(3)11-12-28(20)4)26-19-7-6-10-29(15-19)21-9-8-18(23)13-17(21)2/h8-9,13,19-20H,5-7,10-12,14-16H2,1-4H3,(H2,24,25,26). The predicted molar refractivity (Wildman–Crippen MR) is 119 cm³/mol. The van der Waals surface area contributed by atoms with Gasteiger partial charge in [-0.15, -0.1) is 0 Å². The van der Waals surface area contributed by atoms with Gasteiger partial charge in [-0.05, 0) is 64.5 Å². The van der Waals surface area contributed by atoms with Crippen molar-refractivity contribution in [3.63, 3.8) is 0 Å². The van der Waals surface area contributed by atoms with E-state index >= 15 is 0 Å². The Kier molecular flexibility index (Phi) is 7.72. The Hall–Kier alpha value is -1.86. The molecule has 0 amide bonds. The minimum atomic E-state index is -0.169. The van der Waals surface area contributed by atoms with Gasteiger partial charge >= 0.3 is 0 Å². The third kappa shape index (κ3) is 6.06. The molecule has 0 saturated carbocycles. The molecule has 29 heavy (non-hydrogen) atoms. The van der Waals surface area contributed by atoms with E-state index in [1.807, 2.05) is 13.0 Å². The summed E-state index contributed by atoms with van der Waals surface area (Å²) < 4.78 is 13.5. The highest BCUT2D eigenvalue weighted by molar-refractivity contribution is 5.80. The number of rotatable bonds is 5. The van der Waals surface area contributed by atoms with E-state index < -0.39 is 0 Å². The summed E-state index contributed by atoms with van der Waals surface area (Å²) in [6, 6.07) is 5.87. The van der Waals surface area contributed by atoms with Crippen LogP contribution in [0.3, 0.4) is 0 Å². The number of nitrogens with zero attached hydrogens (tertiary/aromatic N) is 4. The summed E-state index contributed by atoms with van der Waals surface area (Å²) in [5.41, 5.74) is 2.13. The van der Waals surface area contributed by atoms with Crippen LogP contribution in [0.5, 0.6) is 0 Å². The monoisotopic (exact) mass is 404 g/mol. The molecule has 2 atom stereocenters. The number of hydrogen-bond acceptors (Lipinski definition) is 4. The van der Waals surface area contributed by atoms with E-state index in [0.717, 1.165) is 75.9 Å². The van der Waals surface area contributed by atoms with Crippen LogP contribution in [0.1, 0.15) is 25.3 Å². The Morgan fingerprint density at radius 3 is 2.79 bits per heavy atom. The number of piperazine rings is 1. The van der Waals surface area contributed by atoms with E-state index in [1.165, 1.54) is 0 Å². The second-order valence-electron chi connectivity index (χ2n) is 8.48. The molecule has 1 aromatic rings. The summed E-state index contributed by atoms with van der Waals surface area (Å²) in [7, 11) is 4.37. The molecule has 0 radical (unpaired) electrons. The minimum Gasteiger partial charge on any atom is -0.369 e. The number of guanidine groups is 1. The van der Waals surface area contributed by atoms with Gasteiger partial charge in [-0.25, -0.2) is 4.39 Å². The lowest BCUT2D eigenvalue weighted by Gasteiger charge is -2.37. The Bertz CT molecular complexity index is 694. The molecule has 3 rings (SSSR count). The highest BCUT2D eigenvalue weighted by atomic mass is 19.1. The summed E-state index contributed by atoms with van der Waals surface area (Å²) in [5.74, 6) is 0.731. The van der Waals surface area contributed by atoms with Gasteiger partial charge in [-0.3, -0.25) is 9.89 Å². The van der Waals surface area contributed by atoms with Gasteiger partial charge in [-0.2, -0.15) is 0 Å². The van der Waals surface area contributed by atoms with Crippen LogP contribution in [0.2, 0.25) is 0 Å². The van der Waals surface area contributed by atoms with Gasteiger partial charge in [0.25, 0.3) is 0 Å². The second-order valence-corrected chi connectivity index (χ2v) is 8.48. The quantitative estimate of drug-likeness (QED) is 0.580. The van der Waals surface area contributed by atoms with Crippen LogP contribution in [0.25, 0.3) is 0 Å². The van der Waals surface area contributed by atoms with Crippen molar-refractivity contribution in [2.45, 2.75) is 38.8 Å². The molecule has 2 aliphatic rings. The lowest BCUT2D eigenvalue weighted by Crippen LogP contribution is -2.53. The summed E-state index contributed by atoms with van der Waals surface area (Å²) in [6.07, 6.45) is 2.23. The molecule has 2 heterocycles. The van der Waals surface area contributed by atoms with E-state index in [9.17, 15) is 4.39 Å². The number of aryl methyl sites for hydroxylation is 1. The molecule has 0 spiro atoms. The smallest absolute Gasteiger partial charge is 0.191 e. The lowest BCUT2D eigenvalue weighted by atomic mass is 10.0. The number of hydrogen-bond donors (Lipinski definition) is 2. The van der Waals surface area contributed by atoms with Crippen LogP contribution >= 0.6 is 0 Å². The van der Waals surface area contributed by atoms with Crippen molar-refractivity contribution in [1.29, 1.82) is 0 Å². The molecule has 0 aromatic heterocycles. The maximum atomic E-state index is 13.5. The van der Waals surface area contributed by atoms with Crippen LogP contribution in [-0.2, 0) is 0 Å². The zero-order valence-corrected chi connectivity index (χ0v) is 18.4. The predicted octanol–water partition coefficient (Wildman–Crippen LogP) is 1.90. The summed E-state index contributed by atoms with van der Waals surface area (Å²) in [5, 5.41) is 7.05. The van der Waals surface area contributed by atoms with Crippen molar-refractivity contribution < 1.29 is 4.39 Å². The van der Waals surface area contributed by atoms with Crippen molar-refractivity contribution in [2.24, 2.45) is 4.99 Å². The molecule has 2 saturated heterocycles. The minimum absolute atomic E-state index is 0.169. The number of likely N-dealkylation sites (N-methyl/N-ethyl adjacent to an activating group) is 2.